The van der Waals surface area contributed by atoms with Crippen LogP contribution in [0.5, 0.6) is 0 Å². The highest BCUT2D eigenvalue weighted by atomic mass is 32.2. The van der Waals surface area contributed by atoms with Crippen molar-refractivity contribution in [3.05, 3.63) is 29.0 Å². The number of carbonyl (C=O) groups excluding carboxylic acids is 1. The molecule has 2 aromatic heterocycles. The lowest BCUT2D eigenvalue weighted by Crippen LogP contribution is -2.30. The van der Waals surface area contributed by atoms with Crippen LogP contribution >= 0.6 is 23.1 Å². The summed E-state index contributed by atoms with van der Waals surface area (Å²) in [5.74, 6) is 0.572. The van der Waals surface area contributed by atoms with Crippen LogP contribution in [0, 0.1) is 6.92 Å². The average Bonchev–Trinajstić information content (AvgIpc) is 3.02. The molecule has 20 heavy (non-hydrogen) atoms. The van der Waals surface area contributed by atoms with E-state index in [-0.39, 0.29) is 5.91 Å². The van der Waals surface area contributed by atoms with Crippen LogP contribution in [-0.2, 0) is 18.3 Å². The Labute approximate surface area is 127 Å². The maximum atomic E-state index is 12.0. The highest BCUT2D eigenvalue weighted by molar-refractivity contribution is 8.01. The van der Waals surface area contributed by atoms with Crippen molar-refractivity contribution in [2.45, 2.75) is 17.7 Å². The fourth-order valence-electron chi connectivity index (χ4n) is 1.65. The van der Waals surface area contributed by atoms with Crippen molar-refractivity contribution < 1.29 is 4.79 Å². The van der Waals surface area contributed by atoms with Crippen molar-refractivity contribution in [2.24, 2.45) is 7.05 Å². The first-order valence-corrected chi connectivity index (χ1v) is 8.17. The first-order valence-electron chi connectivity index (χ1n) is 6.31. The molecule has 0 saturated heterocycles. The topological polar surface area (TPSA) is 51.0 Å². The van der Waals surface area contributed by atoms with Crippen molar-refractivity contribution >= 4 is 29.0 Å². The van der Waals surface area contributed by atoms with Gasteiger partial charge in [0.05, 0.1) is 11.9 Å². The average molecular weight is 310 g/mol. The summed E-state index contributed by atoms with van der Waals surface area (Å²) in [4.78, 5) is 18.1. The Morgan fingerprint density at radius 2 is 2.35 bits per heavy atom. The summed E-state index contributed by atoms with van der Waals surface area (Å²) >= 11 is 3.09. The summed E-state index contributed by atoms with van der Waals surface area (Å²) < 4.78 is 2.73. The van der Waals surface area contributed by atoms with E-state index < -0.39 is 0 Å². The standard InChI is InChI=1S/C13H18N4OS2/c1-10-8-19-13(15-10)20-9-12(18)16(2)5-4-11-6-14-17(3)7-11/h6-8H,4-5,9H2,1-3H3. The van der Waals surface area contributed by atoms with E-state index in [1.807, 2.05) is 38.8 Å². The molecule has 5 nitrogen and oxygen atoms in total. The molecule has 0 unspecified atom stereocenters. The predicted molar refractivity (Wildman–Crippen MR) is 82.1 cm³/mol. The van der Waals surface area contributed by atoms with Gasteiger partial charge in [-0.15, -0.1) is 11.3 Å². The van der Waals surface area contributed by atoms with Gasteiger partial charge in [-0.1, -0.05) is 11.8 Å². The van der Waals surface area contributed by atoms with Gasteiger partial charge >= 0.3 is 0 Å². The number of aryl methyl sites for hydroxylation is 2. The molecule has 0 bridgehead atoms. The van der Waals surface area contributed by atoms with Gasteiger partial charge in [0.15, 0.2) is 4.34 Å². The second kappa shape index (κ2) is 6.90. The molecule has 0 saturated carbocycles. The molecule has 0 N–H and O–H groups in total. The van der Waals surface area contributed by atoms with E-state index >= 15 is 0 Å². The second-order valence-electron chi connectivity index (χ2n) is 4.63. The van der Waals surface area contributed by atoms with Gasteiger partial charge in [0.25, 0.3) is 0 Å². The van der Waals surface area contributed by atoms with Gasteiger partial charge in [0, 0.05) is 37.9 Å². The van der Waals surface area contributed by atoms with Crippen LogP contribution in [0.25, 0.3) is 0 Å². The van der Waals surface area contributed by atoms with Crippen LogP contribution in [-0.4, -0.2) is 44.9 Å². The quantitative estimate of drug-likeness (QED) is 0.766. The van der Waals surface area contributed by atoms with E-state index in [9.17, 15) is 4.79 Å². The van der Waals surface area contributed by atoms with Gasteiger partial charge in [-0.05, 0) is 18.9 Å². The van der Waals surface area contributed by atoms with Crippen LogP contribution in [0.3, 0.4) is 0 Å². The number of hydrogen-bond acceptors (Lipinski definition) is 5. The van der Waals surface area contributed by atoms with Crippen molar-refractivity contribution in [3.8, 4) is 0 Å². The van der Waals surface area contributed by atoms with Gasteiger partial charge < -0.3 is 4.90 Å². The molecule has 108 valence electrons. The molecule has 2 aromatic rings. The summed E-state index contributed by atoms with van der Waals surface area (Å²) in [6.45, 7) is 2.67. The molecule has 0 aromatic carbocycles. The number of nitrogens with zero attached hydrogens (tertiary/aromatic N) is 4. The minimum Gasteiger partial charge on any atom is -0.345 e. The predicted octanol–water partition coefficient (Wildman–Crippen LogP) is 1.98. The minimum absolute atomic E-state index is 0.131. The Bertz CT molecular complexity index is 578. The van der Waals surface area contributed by atoms with Crippen LogP contribution in [0.4, 0.5) is 0 Å². The smallest absolute Gasteiger partial charge is 0.232 e. The van der Waals surface area contributed by atoms with E-state index in [0.717, 1.165) is 22.0 Å². The Kier molecular flexibility index (Phi) is 5.19. The molecule has 0 atom stereocenters. The number of likely N-dealkylation sites (N-methyl/N-ethyl adjacent to an activating group) is 1. The number of aromatic nitrogens is 3. The number of carbonyl (C=O) groups is 1. The van der Waals surface area contributed by atoms with Crippen molar-refractivity contribution in [1.82, 2.24) is 19.7 Å². The SMILES string of the molecule is Cc1csc(SCC(=O)N(C)CCc2cnn(C)c2)n1. The molecule has 0 spiro atoms. The summed E-state index contributed by atoms with van der Waals surface area (Å²) in [5.41, 5.74) is 2.16. The third-order valence-electron chi connectivity index (χ3n) is 2.84. The fourth-order valence-corrected chi connectivity index (χ4v) is 3.44. The number of thiazole rings is 1. The van der Waals surface area contributed by atoms with E-state index in [1.54, 1.807) is 20.9 Å². The molecule has 0 aliphatic rings. The van der Waals surface area contributed by atoms with E-state index in [0.29, 0.717) is 12.3 Å². The molecule has 0 aliphatic carbocycles. The van der Waals surface area contributed by atoms with Gasteiger partial charge in [0.2, 0.25) is 5.91 Å². The van der Waals surface area contributed by atoms with Crippen molar-refractivity contribution in [2.75, 3.05) is 19.3 Å². The fraction of sp³-hybridized carbons (Fsp3) is 0.462. The number of rotatable bonds is 6. The largest absolute Gasteiger partial charge is 0.345 e. The van der Waals surface area contributed by atoms with E-state index in [2.05, 4.69) is 10.1 Å². The summed E-state index contributed by atoms with van der Waals surface area (Å²) in [6, 6.07) is 0. The zero-order valence-electron chi connectivity index (χ0n) is 11.9. The van der Waals surface area contributed by atoms with Crippen LogP contribution < -0.4 is 0 Å². The summed E-state index contributed by atoms with van der Waals surface area (Å²) in [6.07, 6.45) is 4.65. The van der Waals surface area contributed by atoms with Crippen LogP contribution in [0.2, 0.25) is 0 Å². The highest BCUT2D eigenvalue weighted by Crippen LogP contribution is 2.22. The van der Waals surface area contributed by atoms with Crippen LogP contribution in [0.15, 0.2) is 22.1 Å². The van der Waals surface area contributed by atoms with E-state index in [1.165, 1.54) is 11.8 Å². The van der Waals surface area contributed by atoms with Gasteiger partial charge in [0.1, 0.15) is 0 Å². The van der Waals surface area contributed by atoms with Crippen molar-refractivity contribution in [1.29, 1.82) is 0 Å². The van der Waals surface area contributed by atoms with Gasteiger partial charge in [-0.25, -0.2) is 4.98 Å². The Hall–Kier alpha value is -1.34. The summed E-state index contributed by atoms with van der Waals surface area (Å²) in [5, 5.41) is 6.12. The molecule has 7 heteroatoms. The molecule has 0 fully saturated rings. The van der Waals surface area contributed by atoms with Gasteiger partial charge in [-0.2, -0.15) is 5.10 Å². The molecule has 0 aliphatic heterocycles. The molecule has 0 radical (unpaired) electrons. The lowest BCUT2D eigenvalue weighted by Gasteiger charge is -2.15. The lowest BCUT2D eigenvalue weighted by molar-refractivity contribution is -0.127. The maximum Gasteiger partial charge on any atom is 0.232 e. The maximum absolute atomic E-state index is 12.0. The minimum atomic E-state index is 0.131. The Morgan fingerprint density at radius 3 is 2.95 bits per heavy atom. The number of thioether (sulfide) groups is 1. The highest BCUT2D eigenvalue weighted by Gasteiger charge is 2.11. The first-order chi connectivity index (χ1) is 9.54. The van der Waals surface area contributed by atoms with Crippen LogP contribution in [0.1, 0.15) is 11.3 Å². The van der Waals surface area contributed by atoms with Crippen molar-refractivity contribution in [3.63, 3.8) is 0 Å². The normalized spacial score (nSPS) is 10.8. The third-order valence-corrected chi connectivity index (χ3v) is 4.96. The lowest BCUT2D eigenvalue weighted by atomic mass is 10.2. The molecule has 2 heterocycles. The molecule has 2 rings (SSSR count). The molecular formula is C13H18N4OS2. The molecule has 1 amide bonds. The summed E-state index contributed by atoms with van der Waals surface area (Å²) in [7, 11) is 3.73. The zero-order chi connectivity index (χ0) is 14.5. The monoisotopic (exact) mass is 310 g/mol. The Morgan fingerprint density at radius 1 is 1.55 bits per heavy atom. The third kappa shape index (κ3) is 4.35. The van der Waals surface area contributed by atoms with E-state index in [4.69, 9.17) is 0 Å². The number of amides is 1. The zero-order valence-corrected chi connectivity index (χ0v) is 13.5. The van der Waals surface area contributed by atoms with Gasteiger partial charge in [-0.3, -0.25) is 9.48 Å². The first kappa shape index (κ1) is 15.1. The second-order valence-corrected chi connectivity index (χ2v) is 6.71. The Balaban J connectivity index is 1.74. The molecular weight excluding hydrogens is 292 g/mol. The number of hydrogen-bond donors (Lipinski definition) is 0.